The number of para-hydroxylation sites is 1. The first kappa shape index (κ1) is 29.5. The molecule has 0 amide bonds. The predicted octanol–water partition coefficient (Wildman–Crippen LogP) is 14.0. The van der Waals surface area contributed by atoms with E-state index in [0.717, 1.165) is 72.0 Å². The lowest BCUT2D eigenvalue weighted by molar-refractivity contribution is 0.620. The van der Waals surface area contributed by atoms with Gasteiger partial charge < -0.3 is 13.7 Å². The van der Waals surface area contributed by atoms with Crippen LogP contribution in [0.1, 0.15) is 0 Å². The molecule has 2 heterocycles. The van der Waals surface area contributed by atoms with Gasteiger partial charge in [0.1, 0.15) is 16.7 Å². The highest BCUT2D eigenvalue weighted by atomic mass is 16.3. The molecule has 0 aliphatic rings. The Morgan fingerprint density at radius 3 is 1.91 bits per heavy atom. The zero-order valence-electron chi connectivity index (χ0n) is 28.5. The van der Waals surface area contributed by atoms with Crippen LogP contribution in [0.4, 0.5) is 17.1 Å². The summed E-state index contributed by atoms with van der Waals surface area (Å²) >= 11 is 0. The maximum Gasteiger partial charge on any atom is 0.228 e. The lowest BCUT2D eigenvalue weighted by atomic mass is 9.96. The predicted molar refractivity (Wildman–Crippen MR) is 219 cm³/mol. The smallest absolute Gasteiger partial charge is 0.228 e. The fraction of sp³-hybridized carbons (Fsp3) is 0. The number of aromatic nitrogens is 1. The number of fused-ring (bicyclic) bond motifs is 7. The second-order valence-electron chi connectivity index (χ2n) is 13.6. The second-order valence-corrected chi connectivity index (χ2v) is 13.6. The molecule has 0 aliphatic heterocycles. The van der Waals surface area contributed by atoms with Gasteiger partial charge in [-0.15, -0.1) is 0 Å². The van der Waals surface area contributed by atoms with Gasteiger partial charge in [-0.2, -0.15) is 0 Å². The largest absolute Gasteiger partial charge is 0.456 e. The molecule has 0 N–H and O–H groups in total. The first-order valence-corrected chi connectivity index (χ1v) is 17.9. The molecule has 11 aromatic rings. The molecule has 0 spiro atoms. The third-order valence-corrected chi connectivity index (χ3v) is 10.4. The Morgan fingerprint density at radius 1 is 0.377 bits per heavy atom. The average molecular weight is 679 g/mol. The van der Waals surface area contributed by atoms with Gasteiger partial charge in [-0.1, -0.05) is 121 Å². The third kappa shape index (κ3) is 4.80. The zero-order chi connectivity index (χ0) is 34.9. The van der Waals surface area contributed by atoms with Gasteiger partial charge in [-0.05, 0) is 92.5 Å². The minimum Gasteiger partial charge on any atom is -0.456 e. The van der Waals surface area contributed by atoms with Crippen molar-refractivity contribution in [2.75, 3.05) is 4.90 Å². The molecule has 0 unspecified atom stereocenters. The summed E-state index contributed by atoms with van der Waals surface area (Å²) in [6.07, 6.45) is 0. The van der Waals surface area contributed by atoms with Gasteiger partial charge >= 0.3 is 0 Å². The van der Waals surface area contributed by atoms with Crippen LogP contribution < -0.4 is 4.90 Å². The van der Waals surface area contributed by atoms with Crippen LogP contribution in [0.3, 0.4) is 0 Å². The van der Waals surface area contributed by atoms with E-state index in [1.54, 1.807) is 0 Å². The Balaban J connectivity index is 1.11. The summed E-state index contributed by atoms with van der Waals surface area (Å²) in [6.45, 7) is 0. The van der Waals surface area contributed by atoms with E-state index in [4.69, 9.17) is 13.8 Å². The number of furan rings is 1. The number of oxazole rings is 1. The Hall–Kier alpha value is -7.17. The van der Waals surface area contributed by atoms with E-state index in [9.17, 15) is 0 Å². The number of anilines is 3. The van der Waals surface area contributed by atoms with Crippen LogP contribution in [0.15, 0.2) is 191 Å². The van der Waals surface area contributed by atoms with Crippen LogP contribution in [0.2, 0.25) is 0 Å². The molecule has 4 nitrogen and oxygen atoms in total. The van der Waals surface area contributed by atoms with Crippen molar-refractivity contribution in [2.45, 2.75) is 0 Å². The van der Waals surface area contributed by atoms with E-state index < -0.39 is 0 Å². The second kappa shape index (κ2) is 11.7. The normalized spacial score (nSPS) is 11.8. The molecule has 248 valence electrons. The van der Waals surface area contributed by atoms with Crippen LogP contribution in [0.5, 0.6) is 0 Å². The highest BCUT2D eigenvalue weighted by molar-refractivity contribution is 6.13. The van der Waals surface area contributed by atoms with Gasteiger partial charge in [0.15, 0.2) is 5.58 Å². The topological polar surface area (TPSA) is 42.4 Å². The monoisotopic (exact) mass is 678 g/mol. The van der Waals surface area contributed by atoms with E-state index >= 15 is 0 Å². The highest BCUT2D eigenvalue weighted by Gasteiger charge is 2.22. The number of rotatable bonds is 5. The minimum atomic E-state index is 0.578. The van der Waals surface area contributed by atoms with Gasteiger partial charge in [0, 0.05) is 39.3 Å². The fourth-order valence-electron chi connectivity index (χ4n) is 7.96. The van der Waals surface area contributed by atoms with Crippen LogP contribution in [0.25, 0.3) is 87.9 Å². The van der Waals surface area contributed by atoms with E-state index in [-0.39, 0.29) is 0 Å². The zero-order valence-corrected chi connectivity index (χ0v) is 28.5. The van der Waals surface area contributed by atoms with Gasteiger partial charge in [0.25, 0.3) is 0 Å². The van der Waals surface area contributed by atoms with E-state index in [2.05, 4.69) is 163 Å². The molecule has 2 aromatic heterocycles. The molecular formula is C49H30N2O2. The summed E-state index contributed by atoms with van der Waals surface area (Å²) in [4.78, 5) is 7.31. The van der Waals surface area contributed by atoms with E-state index in [1.165, 1.54) is 27.1 Å². The maximum absolute atomic E-state index is 6.66. The van der Waals surface area contributed by atoms with Gasteiger partial charge in [0.05, 0.1) is 5.69 Å². The van der Waals surface area contributed by atoms with Crippen molar-refractivity contribution in [1.82, 2.24) is 4.98 Å². The molecule has 0 bridgehead atoms. The summed E-state index contributed by atoms with van der Waals surface area (Å²) in [5.74, 6) is 0.578. The Kier molecular flexibility index (Phi) is 6.52. The summed E-state index contributed by atoms with van der Waals surface area (Å²) in [6, 6.07) is 64.1. The van der Waals surface area contributed by atoms with Crippen molar-refractivity contribution in [3.05, 3.63) is 182 Å². The van der Waals surface area contributed by atoms with Crippen molar-refractivity contribution >= 4 is 82.4 Å². The minimum absolute atomic E-state index is 0.578. The summed E-state index contributed by atoms with van der Waals surface area (Å²) < 4.78 is 13.1. The molecule has 4 heteroatoms. The fourth-order valence-corrected chi connectivity index (χ4v) is 7.96. The summed E-state index contributed by atoms with van der Waals surface area (Å²) in [5, 5.41) is 9.06. The molecule has 0 aliphatic carbocycles. The number of hydrogen-bond donors (Lipinski definition) is 0. The summed E-state index contributed by atoms with van der Waals surface area (Å²) in [7, 11) is 0. The lowest BCUT2D eigenvalue weighted by Gasteiger charge is -2.28. The molecule has 9 aromatic carbocycles. The first-order chi connectivity index (χ1) is 26.2. The molecule has 0 saturated carbocycles. The highest BCUT2D eigenvalue weighted by Crippen LogP contribution is 2.45. The van der Waals surface area contributed by atoms with Gasteiger partial charge in [-0.3, -0.25) is 0 Å². The van der Waals surface area contributed by atoms with Gasteiger partial charge in [0.2, 0.25) is 5.89 Å². The van der Waals surface area contributed by atoms with Crippen molar-refractivity contribution in [3.63, 3.8) is 0 Å². The Bertz CT molecular complexity index is 3150. The molecule has 11 rings (SSSR count). The average Bonchev–Trinajstić information content (AvgIpc) is 3.81. The first-order valence-electron chi connectivity index (χ1n) is 17.9. The number of hydrogen-bond acceptors (Lipinski definition) is 4. The molecular weight excluding hydrogens is 649 g/mol. The Labute approximate surface area is 304 Å². The standard InChI is InChI=1S/C49H30N2O2/c1-2-13-33-27-36(24-23-31(33)11-1)51(44-21-8-7-18-40(44)39-19-9-16-32-12-5-6-17-38(32)39)37-25-26-41-46(30-37)52-45-22-10-20-42(48(41)45)49-50-43-28-34-14-3-4-15-35(34)29-47(43)53-49/h1-30H. The van der Waals surface area contributed by atoms with Crippen LogP contribution in [0, 0.1) is 0 Å². The quantitative estimate of drug-likeness (QED) is 0.182. The maximum atomic E-state index is 6.66. The molecule has 0 radical (unpaired) electrons. The SMILES string of the molecule is c1ccc(N(c2ccc3ccccc3c2)c2ccc3c(c2)oc2cccc(-c4nc5cc6ccccc6cc5o4)c23)c(-c2cccc3ccccc23)c1. The van der Waals surface area contributed by atoms with Crippen LogP contribution >= 0.6 is 0 Å². The van der Waals surface area contributed by atoms with E-state index in [0.29, 0.717) is 5.89 Å². The lowest BCUT2D eigenvalue weighted by Crippen LogP contribution is -2.11. The van der Waals surface area contributed by atoms with Crippen molar-refractivity contribution in [1.29, 1.82) is 0 Å². The molecule has 0 fully saturated rings. The van der Waals surface area contributed by atoms with Crippen LogP contribution in [-0.4, -0.2) is 4.98 Å². The van der Waals surface area contributed by atoms with Gasteiger partial charge in [-0.25, -0.2) is 4.98 Å². The number of benzene rings is 9. The molecule has 0 atom stereocenters. The van der Waals surface area contributed by atoms with Crippen LogP contribution in [-0.2, 0) is 0 Å². The Morgan fingerprint density at radius 2 is 1.02 bits per heavy atom. The van der Waals surface area contributed by atoms with Crippen molar-refractivity contribution < 1.29 is 8.83 Å². The van der Waals surface area contributed by atoms with E-state index in [1.807, 2.05) is 24.3 Å². The number of nitrogens with zero attached hydrogens (tertiary/aromatic N) is 2. The third-order valence-electron chi connectivity index (χ3n) is 10.4. The van der Waals surface area contributed by atoms with Crippen molar-refractivity contribution in [2.24, 2.45) is 0 Å². The molecule has 0 saturated heterocycles. The molecule has 53 heavy (non-hydrogen) atoms. The summed E-state index contributed by atoms with van der Waals surface area (Å²) in [5.41, 5.74) is 9.55. The van der Waals surface area contributed by atoms with Crippen molar-refractivity contribution in [3.8, 4) is 22.6 Å².